The van der Waals surface area contributed by atoms with Crippen molar-refractivity contribution in [2.75, 3.05) is 43.0 Å². The van der Waals surface area contributed by atoms with Gasteiger partial charge in [-0.2, -0.15) is 5.10 Å². The van der Waals surface area contributed by atoms with Crippen LogP contribution in [0.3, 0.4) is 0 Å². The first kappa shape index (κ1) is 15.4. The Morgan fingerprint density at radius 2 is 1.92 bits per heavy atom. The van der Waals surface area contributed by atoms with Gasteiger partial charge in [-0.25, -0.2) is 0 Å². The van der Waals surface area contributed by atoms with Crippen LogP contribution >= 0.6 is 0 Å². The predicted molar refractivity (Wildman–Crippen MR) is 94.8 cm³/mol. The molecule has 4 aliphatic heterocycles. The minimum atomic E-state index is -0.340. The molecule has 5 rings (SSSR count). The van der Waals surface area contributed by atoms with Crippen LogP contribution in [0.15, 0.2) is 23.3 Å². The number of nitro groups is 1. The second kappa shape index (κ2) is 6.39. The summed E-state index contributed by atoms with van der Waals surface area (Å²) in [4.78, 5) is 15.7. The molecule has 1 N–H and O–H groups in total. The fourth-order valence-electron chi connectivity index (χ4n) is 3.99. The Morgan fingerprint density at radius 1 is 1.17 bits per heavy atom. The van der Waals surface area contributed by atoms with Crippen LogP contribution in [0.5, 0.6) is 0 Å². The molecule has 24 heavy (non-hydrogen) atoms. The lowest BCUT2D eigenvalue weighted by molar-refractivity contribution is -0.383. The number of hydrogen-bond donors (Lipinski definition) is 1. The summed E-state index contributed by atoms with van der Waals surface area (Å²) in [6.45, 7) is 5.21. The van der Waals surface area contributed by atoms with Gasteiger partial charge in [0, 0.05) is 37.3 Å². The molecule has 0 aromatic heterocycles. The molecule has 0 atom stereocenters. The van der Waals surface area contributed by atoms with E-state index in [4.69, 9.17) is 0 Å². The number of hydrogen-bond acceptors (Lipinski definition) is 6. The maximum Gasteiger partial charge on any atom is 0.294 e. The summed E-state index contributed by atoms with van der Waals surface area (Å²) >= 11 is 0. The second-order valence-corrected chi connectivity index (χ2v) is 6.92. The monoisotopic (exact) mass is 329 g/mol. The number of fused-ring (bicyclic) bond motifs is 3. The molecule has 4 fully saturated rings. The van der Waals surface area contributed by atoms with E-state index in [-0.39, 0.29) is 10.6 Å². The van der Waals surface area contributed by atoms with E-state index < -0.39 is 0 Å². The third-order valence-electron chi connectivity index (χ3n) is 5.41. The van der Waals surface area contributed by atoms with Gasteiger partial charge in [-0.05, 0) is 50.9 Å². The highest BCUT2D eigenvalue weighted by molar-refractivity contribution is 5.90. The van der Waals surface area contributed by atoms with Crippen molar-refractivity contribution >= 4 is 22.8 Å². The van der Waals surface area contributed by atoms with Crippen LogP contribution in [0.25, 0.3) is 0 Å². The molecule has 0 unspecified atom stereocenters. The van der Waals surface area contributed by atoms with E-state index in [0.717, 1.165) is 57.0 Å². The van der Waals surface area contributed by atoms with Crippen molar-refractivity contribution < 1.29 is 4.92 Å². The Hall–Kier alpha value is -2.15. The minimum absolute atomic E-state index is 0.0866. The summed E-state index contributed by atoms with van der Waals surface area (Å²) in [7, 11) is 0. The zero-order chi connectivity index (χ0) is 16.5. The highest BCUT2D eigenvalue weighted by Gasteiger charge is 2.31. The summed E-state index contributed by atoms with van der Waals surface area (Å²) in [6.07, 6.45) is 4.66. The van der Waals surface area contributed by atoms with Crippen molar-refractivity contribution in [3.05, 3.63) is 28.3 Å². The third-order valence-corrected chi connectivity index (χ3v) is 5.41. The Balaban J connectivity index is 1.58. The Kier molecular flexibility index (Phi) is 4.10. The first-order valence-electron chi connectivity index (χ1n) is 8.79. The van der Waals surface area contributed by atoms with Crippen LogP contribution in [0.1, 0.15) is 25.7 Å². The van der Waals surface area contributed by atoms with E-state index in [1.165, 1.54) is 12.8 Å². The first-order chi connectivity index (χ1) is 11.7. The lowest BCUT2D eigenvalue weighted by Crippen LogP contribution is -2.48. The molecule has 4 saturated heterocycles. The molecule has 0 saturated carbocycles. The van der Waals surface area contributed by atoms with Gasteiger partial charge < -0.3 is 4.90 Å². The Labute approximate surface area is 141 Å². The summed E-state index contributed by atoms with van der Waals surface area (Å²) in [5, 5.41) is 15.9. The molecule has 7 heteroatoms. The predicted octanol–water partition coefficient (Wildman–Crippen LogP) is 2.69. The van der Waals surface area contributed by atoms with E-state index in [1.807, 2.05) is 12.1 Å². The quantitative estimate of drug-likeness (QED) is 0.679. The molecule has 7 nitrogen and oxygen atoms in total. The molecule has 1 aromatic rings. The van der Waals surface area contributed by atoms with Gasteiger partial charge in [0.2, 0.25) is 0 Å². The largest absolute Gasteiger partial charge is 0.371 e. The number of anilines is 2. The van der Waals surface area contributed by atoms with E-state index in [2.05, 4.69) is 20.3 Å². The summed E-state index contributed by atoms with van der Waals surface area (Å²) in [6, 6.07) is 5.30. The average molecular weight is 329 g/mol. The van der Waals surface area contributed by atoms with Crippen molar-refractivity contribution in [1.82, 2.24) is 4.90 Å². The smallest absolute Gasteiger partial charge is 0.294 e. The van der Waals surface area contributed by atoms with E-state index in [9.17, 15) is 10.1 Å². The highest BCUT2D eigenvalue weighted by atomic mass is 16.6. The molecular formula is C17H23N5O2. The van der Waals surface area contributed by atoms with Crippen molar-refractivity contribution in [2.45, 2.75) is 25.7 Å². The fraction of sp³-hybridized carbons (Fsp3) is 0.588. The number of hydrazone groups is 1. The normalized spacial score (nSPS) is 27.7. The van der Waals surface area contributed by atoms with Crippen LogP contribution in [-0.2, 0) is 0 Å². The molecule has 4 aliphatic rings. The summed E-state index contributed by atoms with van der Waals surface area (Å²) in [5.74, 6) is 0.531. The van der Waals surface area contributed by atoms with Gasteiger partial charge in [0.15, 0.2) is 0 Å². The van der Waals surface area contributed by atoms with Gasteiger partial charge in [0.1, 0.15) is 5.69 Å². The number of nitrogens with zero attached hydrogens (tertiary/aromatic N) is 4. The molecule has 4 heterocycles. The second-order valence-electron chi connectivity index (χ2n) is 6.92. The number of benzene rings is 1. The highest BCUT2D eigenvalue weighted by Crippen LogP contribution is 2.32. The third kappa shape index (κ3) is 2.96. The van der Waals surface area contributed by atoms with Gasteiger partial charge in [-0.15, -0.1) is 0 Å². The van der Waals surface area contributed by atoms with Crippen LogP contribution in [0, 0.1) is 16.0 Å². The van der Waals surface area contributed by atoms with Gasteiger partial charge in [-0.3, -0.25) is 20.4 Å². The van der Waals surface area contributed by atoms with Gasteiger partial charge >= 0.3 is 0 Å². The van der Waals surface area contributed by atoms with Gasteiger partial charge in [0.25, 0.3) is 5.69 Å². The number of nitro benzene ring substituents is 1. The summed E-state index contributed by atoms with van der Waals surface area (Å²) in [5.41, 5.74) is 5.76. The lowest BCUT2D eigenvalue weighted by Gasteiger charge is -2.39. The van der Waals surface area contributed by atoms with Crippen molar-refractivity contribution in [3.63, 3.8) is 0 Å². The molecular weight excluding hydrogens is 306 g/mol. The van der Waals surface area contributed by atoms with Crippen LogP contribution < -0.4 is 10.3 Å². The fourth-order valence-corrected chi connectivity index (χ4v) is 3.99. The van der Waals surface area contributed by atoms with Crippen molar-refractivity contribution in [1.29, 1.82) is 0 Å². The summed E-state index contributed by atoms with van der Waals surface area (Å²) < 4.78 is 0. The molecule has 0 spiro atoms. The maximum absolute atomic E-state index is 11.3. The van der Waals surface area contributed by atoms with Crippen molar-refractivity contribution in [3.8, 4) is 0 Å². The first-order valence-corrected chi connectivity index (χ1v) is 8.79. The zero-order valence-corrected chi connectivity index (χ0v) is 13.8. The van der Waals surface area contributed by atoms with E-state index in [0.29, 0.717) is 11.6 Å². The molecule has 0 amide bonds. The Bertz CT molecular complexity index is 661. The van der Waals surface area contributed by atoms with Crippen LogP contribution in [0.4, 0.5) is 17.1 Å². The minimum Gasteiger partial charge on any atom is -0.371 e. The molecule has 0 radical (unpaired) electrons. The standard InChI is InChI=1S/C17H23N5O2/c23-22(24)17-4-3-14(21-7-1-2-8-21)11-15(17)18-19-16-12-20-9-5-13(16)6-10-20/h3-4,11,13,18H,1-2,5-10,12H2/b19-16-. The number of nitrogens with one attached hydrogen (secondary N) is 1. The SMILES string of the molecule is O=[N+]([O-])c1ccc(N2CCCC2)cc1N/N=C1/CN2CCC1CC2. The topological polar surface area (TPSA) is 74.0 Å². The van der Waals surface area contributed by atoms with E-state index >= 15 is 0 Å². The van der Waals surface area contributed by atoms with Gasteiger partial charge in [-0.1, -0.05) is 0 Å². The lowest BCUT2D eigenvalue weighted by atomic mass is 9.87. The molecule has 128 valence electrons. The molecule has 2 bridgehead atoms. The zero-order valence-electron chi connectivity index (χ0n) is 13.8. The molecule has 0 aliphatic carbocycles. The maximum atomic E-state index is 11.3. The van der Waals surface area contributed by atoms with Crippen LogP contribution in [-0.4, -0.2) is 48.3 Å². The van der Waals surface area contributed by atoms with Crippen LogP contribution in [0.2, 0.25) is 0 Å². The average Bonchev–Trinajstić information content (AvgIpc) is 3.15. The Morgan fingerprint density at radius 3 is 2.54 bits per heavy atom. The molecule has 1 aromatic carbocycles. The van der Waals surface area contributed by atoms with E-state index in [1.54, 1.807) is 6.07 Å². The van der Waals surface area contributed by atoms with Gasteiger partial charge in [0.05, 0.1) is 10.6 Å². The van der Waals surface area contributed by atoms with Crippen molar-refractivity contribution in [2.24, 2.45) is 11.0 Å². The number of rotatable bonds is 4. The number of piperidine rings is 3.